The summed E-state index contributed by atoms with van der Waals surface area (Å²) < 4.78 is 0. The Kier molecular flexibility index (Phi) is 6.11. The van der Waals surface area contributed by atoms with Crippen LogP contribution in [0.2, 0.25) is 0 Å². The zero-order valence-corrected chi connectivity index (χ0v) is 12.5. The van der Waals surface area contributed by atoms with Crippen molar-refractivity contribution in [2.45, 2.75) is 65.0 Å². The Morgan fingerprint density at radius 1 is 1.39 bits per heavy atom. The van der Waals surface area contributed by atoms with Gasteiger partial charge in [-0.15, -0.1) is 0 Å². The minimum atomic E-state index is -0.348. The van der Waals surface area contributed by atoms with E-state index in [0.717, 1.165) is 31.8 Å². The standard InChI is InChI=1S/C15H29N3/c1-5-17-15(4,12-16)9-6-10-18-11-13(2)7-8-14(18)3/h13-14,17H,5-11H2,1-4H3. The first-order chi connectivity index (χ1) is 8.50. The second-order valence-corrected chi connectivity index (χ2v) is 6.10. The van der Waals surface area contributed by atoms with Crippen LogP contribution < -0.4 is 5.32 Å². The lowest BCUT2D eigenvalue weighted by atomic mass is 9.93. The van der Waals surface area contributed by atoms with E-state index in [4.69, 9.17) is 0 Å². The third-order valence-electron chi connectivity index (χ3n) is 4.18. The van der Waals surface area contributed by atoms with Gasteiger partial charge in [-0.2, -0.15) is 5.26 Å². The molecule has 1 N–H and O–H groups in total. The molecule has 1 heterocycles. The fourth-order valence-electron chi connectivity index (χ4n) is 2.90. The molecular formula is C15H29N3. The van der Waals surface area contributed by atoms with Crippen molar-refractivity contribution in [3.8, 4) is 6.07 Å². The van der Waals surface area contributed by atoms with Gasteiger partial charge in [0.05, 0.1) is 6.07 Å². The summed E-state index contributed by atoms with van der Waals surface area (Å²) in [6.07, 6.45) is 4.73. The number of piperidine rings is 1. The molecule has 1 aliphatic rings. The summed E-state index contributed by atoms with van der Waals surface area (Å²) in [7, 11) is 0. The van der Waals surface area contributed by atoms with Crippen LogP contribution in [0.1, 0.15) is 53.4 Å². The minimum absolute atomic E-state index is 0.348. The monoisotopic (exact) mass is 251 g/mol. The molecule has 3 unspecified atom stereocenters. The maximum atomic E-state index is 9.22. The van der Waals surface area contributed by atoms with Gasteiger partial charge in [0.2, 0.25) is 0 Å². The lowest BCUT2D eigenvalue weighted by molar-refractivity contribution is 0.120. The SMILES string of the molecule is CCNC(C)(C#N)CCCN1CC(C)CCC1C. The summed E-state index contributed by atoms with van der Waals surface area (Å²) in [6, 6.07) is 3.12. The molecule has 0 amide bonds. The molecule has 3 nitrogen and oxygen atoms in total. The number of likely N-dealkylation sites (tertiary alicyclic amines) is 1. The van der Waals surface area contributed by atoms with Gasteiger partial charge in [-0.05, 0) is 58.5 Å². The smallest absolute Gasteiger partial charge is 0.103 e. The number of hydrogen-bond acceptors (Lipinski definition) is 3. The van der Waals surface area contributed by atoms with Crippen molar-refractivity contribution in [1.82, 2.24) is 10.2 Å². The van der Waals surface area contributed by atoms with Crippen molar-refractivity contribution < 1.29 is 0 Å². The second kappa shape index (κ2) is 7.11. The van der Waals surface area contributed by atoms with Crippen molar-refractivity contribution in [3.05, 3.63) is 0 Å². The molecule has 1 aliphatic heterocycles. The van der Waals surface area contributed by atoms with Crippen molar-refractivity contribution in [2.24, 2.45) is 5.92 Å². The molecule has 104 valence electrons. The lowest BCUT2D eigenvalue weighted by Gasteiger charge is -2.37. The molecule has 18 heavy (non-hydrogen) atoms. The zero-order valence-electron chi connectivity index (χ0n) is 12.5. The van der Waals surface area contributed by atoms with Crippen molar-refractivity contribution in [3.63, 3.8) is 0 Å². The highest BCUT2D eigenvalue weighted by molar-refractivity contribution is 5.03. The maximum Gasteiger partial charge on any atom is 0.103 e. The van der Waals surface area contributed by atoms with Gasteiger partial charge >= 0.3 is 0 Å². The highest BCUT2D eigenvalue weighted by Crippen LogP contribution is 2.22. The van der Waals surface area contributed by atoms with E-state index in [-0.39, 0.29) is 5.54 Å². The van der Waals surface area contributed by atoms with E-state index >= 15 is 0 Å². The van der Waals surface area contributed by atoms with Crippen LogP contribution in [0.15, 0.2) is 0 Å². The molecule has 0 spiro atoms. The van der Waals surface area contributed by atoms with Gasteiger partial charge in [-0.25, -0.2) is 0 Å². The van der Waals surface area contributed by atoms with Crippen molar-refractivity contribution >= 4 is 0 Å². The topological polar surface area (TPSA) is 39.1 Å². The summed E-state index contributed by atoms with van der Waals surface area (Å²) >= 11 is 0. The molecule has 0 aromatic heterocycles. The third-order valence-corrected chi connectivity index (χ3v) is 4.18. The Morgan fingerprint density at radius 2 is 2.11 bits per heavy atom. The molecule has 1 rings (SSSR count). The van der Waals surface area contributed by atoms with Crippen LogP contribution >= 0.6 is 0 Å². The number of hydrogen-bond donors (Lipinski definition) is 1. The first-order valence-electron chi connectivity index (χ1n) is 7.41. The van der Waals surface area contributed by atoms with E-state index in [1.165, 1.54) is 19.4 Å². The van der Waals surface area contributed by atoms with Crippen molar-refractivity contribution in [1.29, 1.82) is 5.26 Å². The van der Waals surface area contributed by atoms with Crippen LogP contribution in [-0.2, 0) is 0 Å². The number of nitrogens with one attached hydrogen (secondary N) is 1. The molecule has 1 saturated heterocycles. The predicted molar refractivity (Wildman–Crippen MR) is 76.4 cm³/mol. The van der Waals surface area contributed by atoms with Crippen LogP contribution in [-0.4, -0.2) is 36.1 Å². The van der Waals surface area contributed by atoms with Crippen LogP contribution in [0.25, 0.3) is 0 Å². The molecule has 1 fully saturated rings. The molecule has 0 bridgehead atoms. The summed E-state index contributed by atoms with van der Waals surface area (Å²) in [5.74, 6) is 0.831. The van der Waals surface area contributed by atoms with Gasteiger partial charge in [-0.1, -0.05) is 13.8 Å². The maximum absolute atomic E-state index is 9.22. The summed E-state index contributed by atoms with van der Waals surface area (Å²) in [5, 5.41) is 12.5. The Labute approximate surface area is 113 Å². The highest BCUT2D eigenvalue weighted by atomic mass is 15.2. The van der Waals surface area contributed by atoms with Crippen LogP contribution in [0.3, 0.4) is 0 Å². The summed E-state index contributed by atoms with van der Waals surface area (Å²) in [4.78, 5) is 2.60. The molecule has 0 aromatic carbocycles. The Hall–Kier alpha value is -0.590. The Bertz CT molecular complexity index is 284. The first kappa shape index (κ1) is 15.5. The Morgan fingerprint density at radius 3 is 2.72 bits per heavy atom. The van der Waals surface area contributed by atoms with Gasteiger partial charge in [0, 0.05) is 12.6 Å². The molecule has 3 heteroatoms. The average molecular weight is 251 g/mol. The van der Waals surface area contributed by atoms with Gasteiger partial charge < -0.3 is 4.90 Å². The zero-order chi connectivity index (χ0) is 13.6. The van der Waals surface area contributed by atoms with Gasteiger partial charge in [0.25, 0.3) is 0 Å². The molecule has 0 saturated carbocycles. The largest absolute Gasteiger partial charge is 0.300 e. The average Bonchev–Trinajstić information content (AvgIpc) is 2.34. The first-order valence-corrected chi connectivity index (χ1v) is 7.41. The van der Waals surface area contributed by atoms with Gasteiger partial charge in [-0.3, -0.25) is 5.32 Å². The minimum Gasteiger partial charge on any atom is -0.300 e. The van der Waals surface area contributed by atoms with Crippen LogP contribution in [0.5, 0.6) is 0 Å². The van der Waals surface area contributed by atoms with E-state index in [2.05, 4.69) is 37.1 Å². The second-order valence-electron chi connectivity index (χ2n) is 6.10. The normalized spacial score (nSPS) is 28.6. The predicted octanol–water partition coefficient (Wildman–Crippen LogP) is 2.78. The lowest BCUT2D eigenvalue weighted by Crippen LogP contribution is -2.44. The van der Waals surface area contributed by atoms with E-state index < -0.39 is 0 Å². The fraction of sp³-hybridized carbons (Fsp3) is 0.933. The van der Waals surface area contributed by atoms with E-state index in [1.54, 1.807) is 0 Å². The molecular weight excluding hydrogens is 222 g/mol. The van der Waals surface area contributed by atoms with Gasteiger partial charge in [0.15, 0.2) is 0 Å². The highest BCUT2D eigenvalue weighted by Gasteiger charge is 2.25. The molecule has 3 atom stereocenters. The van der Waals surface area contributed by atoms with Crippen LogP contribution in [0.4, 0.5) is 0 Å². The number of nitrogens with zero attached hydrogens (tertiary/aromatic N) is 2. The van der Waals surface area contributed by atoms with E-state index in [9.17, 15) is 5.26 Å². The Balaban J connectivity index is 2.34. The molecule has 0 aliphatic carbocycles. The van der Waals surface area contributed by atoms with Crippen molar-refractivity contribution in [2.75, 3.05) is 19.6 Å². The summed E-state index contributed by atoms with van der Waals surface area (Å²) in [6.45, 7) is 12.0. The number of rotatable bonds is 6. The van der Waals surface area contributed by atoms with Gasteiger partial charge in [0.1, 0.15) is 5.54 Å². The number of nitriles is 1. The van der Waals surface area contributed by atoms with Crippen LogP contribution in [0, 0.1) is 17.2 Å². The van der Waals surface area contributed by atoms with E-state index in [1.807, 2.05) is 6.92 Å². The molecule has 0 radical (unpaired) electrons. The quantitative estimate of drug-likeness (QED) is 0.789. The third kappa shape index (κ3) is 4.59. The van der Waals surface area contributed by atoms with E-state index in [0.29, 0.717) is 6.04 Å². The molecule has 0 aromatic rings. The fourth-order valence-corrected chi connectivity index (χ4v) is 2.90. The summed E-state index contributed by atoms with van der Waals surface area (Å²) in [5.41, 5.74) is -0.348.